The summed E-state index contributed by atoms with van der Waals surface area (Å²) in [5.74, 6) is 0.892. The number of para-hydroxylation sites is 1. The van der Waals surface area contributed by atoms with E-state index in [1.54, 1.807) is 0 Å². The summed E-state index contributed by atoms with van der Waals surface area (Å²) in [6.45, 7) is 13.4. The van der Waals surface area contributed by atoms with Crippen molar-refractivity contribution in [3.8, 4) is 33.6 Å². The van der Waals surface area contributed by atoms with Gasteiger partial charge < -0.3 is 17.2 Å². The second-order valence-corrected chi connectivity index (χ2v) is 12.9. The Bertz CT molecular complexity index is 1890. The molecule has 208 valence electrons. The Balaban J connectivity index is 0.00000337. The summed E-state index contributed by atoms with van der Waals surface area (Å²) < 4.78 is 2.33. The van der Waals surface area contributed by atoms with Crippen LogP contribution in [0.5, 0.6) is 0 Å². The van der Waals surface area contributed by atoms with Crippen LogP contribution >= 0.6 is 0 Å². The minimum atomic E-state index is -0.208. The van der Waals surface area contributed by atoms with E-state index < -0.39 is 0 Å². The van der Waals surface area contributed by atoms with Crippen LogP contribution in [0.15, 0.2) is 96.0 Å². The van der Waals surface area contributed by atoms with Gasteiger partial charge in [0.25, 0.3) is 0 Å². The van der Waals surface area contributed by atoms with E-state index >= 15 is 0 Å². The predicted molar refractivity (Wildman–Crippen MR) is 170 cm³/mol. The number of fused-ring (bicyclic) bond motifs is 2. The van der Waals surface area contributed by atoms with Gasteiger partial charge in [-0.2, -0.15) is 4.90 Å². The third-order valence-corrected chi connectivity index (χ3v) is 7.79. The van der Waals surface area contributed by atoms with Crippen LogP contribution in [-0.4, -0.2) is 14.5 Å². The van der Waals surface area contributed by atoms with E-state index in [1.165, 1.54) is 5.56 Å². The Morgan fingerprint density at radius 1 is 0.707 bits per heavy atom. The minimum absolute atomic E-state index is 0. The van der Waals surface area contributed by atoms with Gasteiger partial charge in [0, 0.05) is 22.8 Å². The number of rotatable bonds is 3. The predicted octanol–water partition coefficient (Wildman–Crippen LogP) is 9.34. The van der Waals surface area contributed by atoms with Gasteiger partial charge in [0.15, 0.2) is 0 Å². The molecular formula is C36H33N3PtS. The average Bonchev–Trinajstić information content (AvgIpc) is 3.33. The van der Waals surface area contributed by atoms with Crippen LogP contribution in [0.4, 0.5) is 0 Å². The number of nitrogens with zero attached hydrogens (tertiary/aromatic N) is 3. The van der Waals surface area contributed by atoms with Crippen molar-refractivity contribution in [1.82, 2.24) is 14.5 Å². The van der Waals surface area contributed by atoms with Gasteiger partial charge in [-0.3, -0.25) is 9.97 Å². The monoisotopic (exact) mass is 734 g/mol. The molecule has 5 heteroatoms. The molecule has 0 aliphatic rings. The summed E-state index contributed by atoms with van der Waals surface area (Å²) in [7, 11) is 0. The van der Waals surface area contributed by atoms with Crippen molar-refractivity contribution in [2.24, 2.45) is 0 Å². The quantitative estimate of drug-likeness (QED) is 0.134. The zero-order valence-electron chi connectivity index (χ0n) is 24.2. The number of hydrogen-bond donors (Lipinski definition) is 0. The first-order chi connectivity index (χ1) is 19.0. The Kier molecular flexibility index (Phi) is 7.70. The Labute approximate surface area is 262 Å². The van der Waals surface area contributed by atoms with Crippen molar-refractivity contribution in [3.63, 3.8) is 0 Å². The Hall–Kier alpha value is -3.33. The molecule has 2 aromatic heterocycles. The molecule has 0 N–H and O–H groups in total. The zero-order valence-corrected chi connectivity index (χ0v) is 27.3. The minimum Gasteiger partial charge on any atom is -0.779 e. The fourth-order valence-electron chi connectivity index (χ4n) is 5.45. The summed E-state index contributed by atoms with van der Waals surface area (Å²) in [4.78, 5) is 10.9. The first-order valence-electron chi connectivity index (χ1n) is 13.7. The zero-order chi connectivity index (χ0) is 28.2. The van der Waals surface area contributed by atoms with Gasteiger partial charge in [0.2, 0.25) is 0 Å². The molecule has 0 aliphatic carbocycles. The standard InChI is InChI=1S/C36H34N3S.Pt/c1-35(2,3)26-21-24-14-11-19-37-32(24)29(22-26)23-12-9-13-25(20-23)34-38-33-28(27-15-7-8-18-31(27)40)16-10-17-30(33)39(34)36(4,5)6;/h7-19,21-22,40H,1-6H3;/q-1;+2/p-1. The van der Waals surface area contributed by atoms with Crippen molar-refractivity contribution >= 4 is 34.6 Å². The van der Waals surface area contributed by atoms with Crippen LogP contribution in [-0.2, 0) is 44.6 Å². The molecule has 0 aliphatic heterocycles. The smallest absolute Gasteiger partial charge is 0.779 e. The average molecular weight is 735 g/mol. The van der Waals surface area contributed by atoms with E-state index in [1.807, 2.05) is 30.5 Å². The van der Waals surface area contributed by atoms with Crippen LogP contribution in [0.3, 0.4) is 0 Å². The molecule has 3 nitrogen and oxygen atoms in total. The number of imidazole rings is 1. The molecule has 0 spiro atoms. The molecule has 0 atom stereocenters. The maximum atomic E-state index is 5.70. The molecule has 0 radical (unpaired) electrons. The normalized spacial score (nSPS) is 12.0. The van der Waals surface area contributed by atoms with Gasteiger partial charge in [-0.05, 0) is 54.8 Å². The van der Waals surface area contributed by atoms with E-state index in [4.69, 9.17) is 22.6 Å². The Morgan fingerprint density at radius 3 is 2.15 bits per heavy atom. The summed E-state index contributed by atoms with van der Waals surface area (Å²) >= 11 is 5.70. The molecule has 0 unspecified atom stereocenters. The SMILES string of the molecule is CC(C)(C)c1cc(-c2[c-]c(-c3nc4c(-c5ccccc5[S-])cccc4n3C(C)(C)C)ccc2)c2ncccc2c1.[Pt+2]. The Morgan fingerprint density at radius 2 is 1.41 bits per heavy atom. The van der Waals surface area contributed by atoms with Gasteiger partial charge >= 0.3 is 21.1 Å². The van der Waals surface area contributed by atoms with E-state index in [-0.39, 0.29) is 32.0 Å². The fourth-order valence-corrected chi connectivity index (χ4v) is 5.71. The van der Waals surface area contributed by atoms with Gasteiger partial charge in [0.1, 0.15) is 0 Å². The molecule has 2 heterocycles. The second kappa shape index (κ2) is 10.8. The summed E-state index contributed by atoms with van der Waals surface area (Å²) in [5.41, 5.74) is 9.22. The molecule has 0 fully saturated rings. The van der Waals surface area contributed by atoms with Crippen molar-refractivity contribution < 1.29 is 21.1 Å². The van der Waals surface area contributed by atoms with Gasteiger partial charge in [-0.15, -0.1) is 29.8 Å². The second-order valence-electron chi connectivity index (χ2n) is 12.4. The first kappa shape index (κ1) is 29.2. The van der Waals surface area contributed by atoms with E-state index in [0.29, 0.717) is 0 Å². The van der Waals surface area contributed by atoms with E-state index in [2.05, 4.69) is 113 Å². The number of benzene rings is 4. The van der Waals surface area contributed by atoms with Crippen LogP contribution in [0.1, 0.15) is 47.1 Å². The summed E-state index contributed by atoms with van der Waals surface area (Å²) in [5, 5.41) is 1.14. The van der Waals surface area contributed by atoms with Gasteiger partial charge in [0.05, 0.1) is 16.9 Å². The van der Waals surface area contributed by atoms with Crippen molar-refractivity contribution in [2.75, 3.05) is 0 Å². The van der Waals surface area contributed by atoms with Crippen LogP contribution in [0.25, 0.3) is 55.6 Å². The maximum Gasteiger partial charge on any atom is 2.00 e. The summed E-state index contributed by atoms with van der Waals surface area (Å²) in [6, 6.07) is 33.2. The molecule has 0 saturated carbocycles. The molecular weight excluding hydrogens is 702 g/mol. The number of pyridine rings is 1. The number of hydrogen-bond acceptors (Lipinski definition) is 3. The van der Waals surface area contributed by atoms with E-state index in [9.17, 15) is 0 Å². The molecule has 6 rings (SSSR count). The molecule has 4 aromatic carbocycles. The third kappa shape index (κ3) is 5.36. The first-order valence-corrected chi connectivity index (χ1v) is 14.1. The third-order valence-electron chi connectivity index (χ3n) is 7.43. The maximum absolute atomic E-state index is 5.70. The molecule has 0 saturated heterocycles. The van der Waals surface area contributed by atoms with Crippen LogP contribution < -0.4 is 0 Å². The van der Waals surface area contributed by atoms with Crippen LogP contribution in [0.2, 0.25) is 0 Å². The summed E-state index contributed by atoms with van der Waals surface area (Å²) in [6.07, 6.45) is 1.87. The van der Waals surface area contributed by atoms with Crippen molar-refractivity contribution in [2.45, 2.75) is 57.4 Å². The molecule has 41 heavy (non-hydrogen) atoms. The molecule has 6 aromatic rings. The van der Waals surface area contributed by atoms with E-state index in [0.717, 1.165) is 60.5 Å². The fraction of sp³-hybridized carbons (Fsp3) is 0.222. The van der Waals surface area contributed by atoms with Crippen molar-refractivity contribution in [1.29, 1.82) is 0 Å². The van der Waals surface area contributed by atoms with Gasteiger partial charge in [-0.25, -0.2) is 0 Å². The van der Waals surface area contributed by atoms with Crippen molar-refractivity contribution in [3.05, 3.63) is 103 Å². The molecule has 0 amide bonds. The molecule has 0 bridgehead atoms. The van der Waals surface area contributed by atoms with Gasteiger partial charge in [-0.1, -0.05) is 86.5 Å². The number of aromatic nitrogens is 3. The topological polar surface area (TPSA) is 30.7 Å². The van der Waals surface area contributed by atoms with Crippen LogP contribution in [0, 0.1) is 6.07 Å². The largest absolute Gasteiger partial charge is 2.00 e.